The van der Waals surface area contributed by atoms with Crippen molar-refractivity contribution in [1.29, 1.82) is 0 Å². The third-order valence-corrected chi connectivity index (χ3v) is 4.39. The topological polar surface area (TPSA) is 3.24 Å². The molecule has 94 valence electrons. The smallest absolute Gasteiger partial charge is 0.0916 e. The van der Waals surface area contributed by atoms with E-state index in [0.717, 1.165) is 0 Å². The summed E-state index contributed by atoms with van der Waals surface area (Å²) in [5.41, 5.74) is 1.50. The van der Waals surface area contributed by atoms with Crippen LogP contribution < -0.4 is 17.0 Å². The zero-order valence-corrected chi connectivity index (χ0v) is 11.9. The second kappa shape index (κ2) is 5.51. The number of nitrogens with zero attached hydrogens (tertiary/aromatic N) is 2. The van der Waals surface area contributed by atoms with E-state index < -0.39 is 0 Å². The standard InChI is InChI=1S/C14H21N2.BrH/c1-2-4-14(5-3-1)6-10-16-11-7-15(8-12-16)9-13-16;/h1-5H,6-13H2;1H/q+1;/p-1. The van der Waals surface area contributed by atoms with Gasteiger partial charge in [0.05, 0.1) is 26.2 Å². The van der Waals surface area contributed by atoms with Gasteiger partial charge in [0.15, 0.2) is 0 Å². The van der Waals surface area contributed by atoms with E-state index in [1.165, 1.54) is 62.3 Å². The molecule has 0 saturated carbocycles. The van der Waals surface area contributed by atoms with E-state index in [9.17, 15) is 0 Å². The Hall–Kier alpha value is -0.380. The molecular formula is C14H21BrN2. The highest BCUT2D eigenvalue weighted by molar-refractivity contribution is 5.14. The number of fused-ring (bicyclic) bond motifs is 3. The van der Waals surface area contributed by atoms with Gasteiger partial charge in [0.1, 0.15) is 0 Å². The molecule has 3 heteroatoms. The van der Waals surface area contributed by atoms with E-state index in [2.05, 4.69) is 35.2 Å². The molecule has 0 amide bonds. The normalized spacial score (nSPS) is 30.9. The molecule has 0 aromatic heterocycles. The molecule has 17 heavy (non-hydrogen) atoms. The summed E-state index contributed by atoms with van der Waals surface area (Å²) in [6, 6.07) is 10.9. The highest BCUT2D eigenvalue weighted by Crippen LogP contribution is 2.20. The molecule has 3 heterocycles. The lowest BCUT2D eigenvalue weighted by molar-refractivity contribution is -0.940. The molecule has 2 nitrogen and oxygen atoms in total. The molecule has 0 spiro atoms. The van der Waals surface area contributed by atoms with Crippen LogP contribution in [0.1, 0.15) is 5.56 Å². The highest BCUT2D eigenvalue weighted by atomic mass is 79.9. The van der Waals surface area contributed by atoms with Crippen LogP contribution in [0.2, 0.25) is 0 Å². The van der Waals surface area contributed by atoms with Crippen molar-refractivity contribution >= 4 is 0 Å². The van der Waals surface area contributed by atoms with Crippen LogP contribution in [0, 0.1) is 0 Å². The minimum atomic E-state index is 0. The third kappa shape index (κ3) is 2.90. The molecule has 4 rings (SSSR count). The van der Waals surface area contributed by atoms with Crippen molar-refractivity contribution in [1.82, 2.24) is 4.90 Å². The number of quaternary nitrogens is 1. The summed E-state index contributed by atoms with van der Waals surface area (Å²) in [5, 5.41) is 0. The summed E-state index contributed by atoms with van der Waals surface area (Å²) in [6.07, 6.45) is 1.25. The van der Waals surface area contributed by atoms with Crippen LogP contribution in [0.25, 0.3) is 0 Å². The maximum Gasteiger partial charge on any atom is 0.0916 e. The first kappa shape index (κ1) is 13.1. The average molecular weight is 297 g/mol. The molecule has 2 bridgehead atoms. The lowest BCUT2D eigenvalue weighted by Gasteiger charge is -2.50. The molecule has 0 N–H and O–H groups in total. The molecule has 0 aliphatic carbocycles. The molecular weight excluding hydrogens is 276 g/mol. The predicted molar refractivity (Wildman–Crippen MR) is 66.3 cm³/mol. The van der Waals surface area contributed by atoms with Gasteiger partial charge in [-0.1, -0.05) is 30.3 Å². The van der Waals surface area contributed by atoms with E-state index in [-0.39, 0.29) is 17.0 Å². The van der Waals surface area contributed by atoms with Crippen molar-refractivity contribution in [3.8, 4) is 0 Å². The quantitative estimate of drug-likeness (QED) is 0.606. The predicted octanol–water partition coefficient (Wildman–Crippen LogP) is -1.62. The van der Waals surface area contributed by atoms with Gasteiger partial charge in [0.25, 0.3) is 0 Å². The first-order chi connectivity index (χ1) is 7.86. The second-order valence-electron chi connectivity index (χ2n) is 5.31. The Bertz CT molecular complexity index is 331. The van der Waals surface area contributed by atoms with Crippen molar-refractivity contribution in [2.45, 2.75) is 6.42 Å². The van der Waals surface area contributed by atoms with E-state index in [4.69, 9.17) is 0 Å². The van der Waals surface area contributed by atoms with Crippen LogP contribution in [0.3, 0.4) is 0 Å². The fourth-order valence-corrected chi connectivity index (χ4v) is 3.08. The third-order valence-electron chi connectivity index (χ3n) is 4.39. The molecule has 1 aromatic carbocycles. The Balaban J connectivity index is 0.00000108. The van der Waals surface area contributed by atoms with Crippen LogP contribution in [0.5, 0.6) is 0 Å². The highest BCUT2D eigenvalue weighted by Gasteiger charge is 2.37. The number of hydrogen-bond donors (Lipinski definition) is 0. The van der Waals surface area contributed by atoms with Gasteiger partial charge in [0, 0.05) is 26.1 Å². The molecule has 1 aromatic rings. The fourth-order valence-electron chi connectivity index (χ4n) is 3.08. The van der Waals surface area contributed by atoms with Crippen LogP contribution in [-0.2, 0) is 6.42 Å². The maximum atomic E-state index is 2.61. The molecule has 3 saturated heterocycles. The van der Waals surface area contributed by atoms with E-state index >= 15 is 0 Å². The number of rotatable bonds is 3. The van der Waals surface area contributed by atoms with Crippen molar-refractivity contribution in [2.24, 2.45) is 0 Å². The van der Waals surface area contributed by atoms with Gasteiger partial charge >= 0.3 is 0 Å². The summed E-state index contributed by atoms with van der Waals surface area (Å²) < 4.78 is 1.38. The van der Waals surface area contributed by atoms with Gasteiger partial charge in [-0.25, -0.2) is 0 Å². The molecule has 3 aliphatic heterocycles. The summed E-state index contributed by atoms with van der Waals surface area (Å²) >= 11 is 0. The van der Waals surface area contributed by atoms with Crippen molar-refractivity contribution in [2.75, 3.05) is 45.8 Å². The largest absolute Gasteiger partial charge is 1.00 e. The summed E-state index contributed by atoms with van der Waals surface area (Å²) in [7, 11) is 0. The Morgan fingerprint density at radius 3 is 2.12 bits per heavy atom. The molecule has 3 aliphatic rings. The van der Waals surface area contributed by atoms with Gasteiger partial charge in [-0.3, -0.25) is 4.90 Å². The number of benzene rings is 1. The molecule has 0 atom stereocenters. The zero-order valence-electron chi connectivity index (χ0n) is 10.3. The van der Waals surface area contributed by atoms with Crippen LogP contribution in [0.4, 0.5) is 0 Å². The van der Waals surface area contributed by atoms with Crippen molar-refractivity contribution in [3.63, 3.8) is 0 Å². The number of halogens is 1. The minimum absolute atomic E-state index is 0. The fraction of sp³-hybridized carbons (Fsp3) is 0.571. The SMILES string of the molecule is [Br-].c1ccc(CC[N+]23CCN(CC2)CC3)cc1. The Kier molecular flexibility index (Phi) is 4.23. The first-order valence-corrected chi connectivity index (χ1v) is 6.48. The maximum absolute atomic E-state index is 2.61. The van der Waals surface area contributed by atoms with Gasteiger partial charge in [-0.05, 0) is 5.56 Å². The van der Waals surface area contributed by atoms with Crippen LogP contribution in [0.15, 0.2) is 30.3 Å². The minimum Gasteiger partial charge on any atom is -1.00 e. The monoisotopic (exact) mass is 296 g/mol. The number of piperazine rings is 3. The van der Waals surface area contributed by atoms with Gasteiger partial charge in [-0.2, -0.15) is 0 Å². The van der Waals surface area contributed by atoms with Crippen LogP contribution >= 0.6 is 0 Å². The molecule has 3 fully saturated rings. The van der Waals surface area contributed by atoms with E-state index in [1.807, 2.05) is 0 Å². The Morgan fingerprint density at radius 2 is 1.53 bits per heavy atom. The van der Waals surface area contributed by atoms with E-state index in [0.29, 0.717) is 0 Å². The van der Waals surface area contributed by atoms with Gasteiger partial charge in [-0.15, -0.1) is 0 Å². The van der Waals surface area contributed by atoms with Gasteiger partial charge in [0.2, 0.25) is 0 Å². The lowest BCUT2D eigenvalue weighted by atomic mass is 10.1. The van der Waals surface area contributed by atoms with Crippen molar-refractivity contribution in [3.05, 3.63) is 35.9 Å². The average Bonchev–Trinajstić information content (AvgIpc) is 2.40. The lowest BCUT2D eigenvalue weighted by Crippen LogP contribution is -3.00. The van der Waals surface area contributed by atoms with Crippen molar-refractivity contribution < 1.29 is 21.5 Å². The molecule has 0 unspecified atom stereocenters. The van der Waals surface area contributed by atoms with Crippen LogP contribution in [-0.4, -0.2) is 55.2 Å². The zero-order chi connectivity index (χ0) is 10.8. The summed E-state index contributed by atoms with van der Waals surface area (Å²) in [5.74, 6) is 0. The van der Waals surface area contributed by atoms with E-state index in [1.54, 1.807) is 0 Å². The molecule has 0 radical (unpaired) electrons. The Morgan fingerprint density at radius 1 is 0.941 bits per heavy atom. The summed E-state index contributed by atoms with van der Waals surface area (Å²) in [6.45, 7) is 9.47. The second-order valence-corrected chi connectivity index (χ2v) is 5.31. The number of hydrogen-bond acceptors (Lipinski definition) is 1. The van der Waals surface area contributed by atoms with Gasteiger partial charge < -0.3 is 21.5 Å². The summed E-state index contributed by atoms with van der Waals surface area (Å²) in [4.78, 5) is 2.61. The first-order valence-electron chi connectivity index (χ1n) is 6.48. The Labute approximate surface area is 115 Å².